The lowest BCUT2D eigenvalue weighted by atomic mass is 10.0. The van der Waals surface area contributed by atoms with Gasteiger partial charge in [0, 0.05) is 12.6 Å². The molecule has 1 aromatic rings. The smallest absolute Gasteiger partial charge is 0.231 e. The maximum Gasteiger partial charge on any atom is 0.231 e. The summed E-state index contributed by atoms with van der Waals surface area (Å²) in [6.07, 6.45) is 3.32. The second-order valence-electron chi connectivity index (χ2n) is 6.20. The average Bonchev–Trinajstić information content (AvgIpc) is 2.97. The highest BCUT2D eigenvalue weighted by Crippen LogP contribution is 2.32. The van der Waals surface area contributed by atoms with Gasteiger partial charge < -0.3 is 19.3 Å². The van der Waals surface area contributed by atoms with E-state index < -0.39 is 6.10 Å². The Hall–Kier alpha value is -1.30. The van der Waals surface area contributed by atoms with Crippen LogP contribution < -0.4 is 9.47 Å². The molecule has 2 aliphatic rings. The molecular weight excluding hydrogens is 282 g/mol. The lowest BCUT2D eigenvalue weighted by Gasteiger charge is -2.34. The van der Waals surface area contributed by atoms with Gasteiger partial charge in [-0.1, -0.05) is 12.5 Å². The van der Waals surface area contributed by atoms with Crippen molar-refractivity contribution in [1.29, 1.82) is 0 Å². The monoisotopic (exact) mass is 307 g/mol. The molecule has 1 N–H and O–H groups in total. The topological polar surface area (TPSA) is 51.2 Å². The van der Waals surface area contributed by atoms with E-state index in [0.29, 0.717) is 25.8 Å². The summed E-state index contributed by atoms with van der Waals surface area (Å²) in [5, 5.41) is 10.1. The number of piperidine rings is 1. The van der Waals surface area contributed by atoms with Crippen LogP contribution in [0.2, 0.25) is 0 Å². The SMILES string of the molecule is C[C@H]1CCCCN1C[C@@H](O)COCc1ccc2c(c1)OCO2. The van der Waals surface area contributed by atoms with Crippen molar-refractivity contribution in [3.8, 4) is 11.5 Å². The Bertz CT molecular complexity index is 494. The number of benzene rings is 1. The zero-order valence-electron chi connectivity index (χ0n) is 13.2. The van der Waals surface area contributed by atoms with Gasteiger partial charge >= 0.3 is 0 Å². The van der Waals surface area contributed by atoms with Crippen molar-refractivity contribution in [2.75, 3.05) is 26.5 Å². The molecule has 2 aliphatic heterocycles. The molecule has 0 unspecified atom stereocenters. The summed E-state index contributed by atoms with van der Waals surface area (Å²) < 4.78 is 16.3. The first kappa shape index (κ1) is 15.6. The summed E-state index contributed by atoms with van der Waals surface area (Å²) >= 11 is 0. The molecule has 1 saturated heterocycles. The molecule has 5 nitrogen and oxygen atoms in total. The first-order valence-corrected chi connectivity index (χ1v) is 8.11. The second kappa shape index (κ2) is 7.31. The van der Waals surface area contributed by atoms with Crippen molar-refractivity contribution in [3.63, 3.8) is 0 Å². The minimum absolute atomic E-state index is 0.284. The van der Waals surface area contributed by atoms with Gasteiger partial charge in [0.15, 0.2) is 11.5 Å². The largest absolute Gasteiger partial charge is 0.454 e. The van der Waals surface area contributed by atoms with Crippen LogP contribution in [0.25, 0.3) is 0 Å². The van der Waals surface area contributed by atoms with Gasteiger partial charge in [-0.05, 0) is 44.0 Å². The summed E-state index contributed by atoms with van der Waals surface area (Å²) in [5.41, 5.74) is 1.03. The summed E-state index contributed by atoms with van der Waals surface area (Å²) in [6, 6.07) is 6.36. The molecule has 0 bridgehead atoms. The Labute approximate surface area is 131 Å². The van der Waals surface area contributed by atoms with Gasteiger partial charge in [0.2, 0.25) is 6.79 Å². The van der Waals surface area contributed by atoms with Crippen molar-refractivity contribution >= 4 is 0 Å². The Morgan fingerprint density at radius 1 is 1.32 bits per heavy atom. The van der Waals surface area contributed by atoms with Crippen molar-refractivity contribution in [3.05, 3.63) is 23.8 Å². The van der Waals surface area contributed by atoms with E-state index in [1.807, 2.05) is 18.2 Å². The van der Waals surface area contributed by atoms with Gasteiger partial charge in [0.1, 0.15) is 0 Å². The van der Waals surface area contributed by atoms with Crippen molar-refractivity contribution < 1.29 is 19.3 Å². The Morgan fingerprint density at radius 2 is 2.18 bits per heavy atom. The number of aliphatic hydroxyl groups excluding tert-OH is 1. The fraction of sp³-hybridized carbons (Fsp3) is 0.647. The maximum atomic E-state index is 10.1. The van der Waals surface area contributed by atoms with Crippen LogP contribution in [0.5, 0.6) is 11.5 Å². The van der Waals surface area contributed by atoms with E-state index in [1.165, 1.54) is 19.3 Å². The number of hydrogen-bond acceptors (Lipinski definition) is 5. The average molecular weight is 307 g/mol. The van der Waals surface area contributed by atoms with Crippen LogP contribution in [0.1, 0.15) is 31.7 Å². The van der Waals surface area contributed by atoms with E-state index in [2.05, 4.69) is 11.8 Å². The Morgan fingerprint density at radius 3 is 3.05 bits per heavy atom. The van der Waals surface area contributed by atoms with E-state index in [-0.39, 0.29) is 6.79 Å². The van der Waals surface area contributed by atoms with Gasteiger partial charge in [-0.2, -0.15) is 0 Å². The molecule has 2 heterocycles. The number of aliphatic hydroxyl groups is 1. The van der Waals surface area contributed by atoms with Crippen molar-refractivity contribution in [2.45, 2.75) is 44.9 Å². The number of ether oxygens (including phenoxy) is 3. The van der Waals surface area contributed by atoms with Gasteiger partial charge in [-0.25, -0.2) is 0 Å². The molecule has 0 amide bonds. The van der Waals surface area contributed by atoms with Crippen LogP contribution in [-0.4, -0.2) is 48.6 Å². The third kappa shape index (κ3) is 3.91. The fourth-order valence-electron chi connectivity index (χ4n) is 3.10. The highest BCUT2D eigenvalue weighted by molar-refractivity contribution is 5.44. The number of likely N-dealkylation sites (tertiary alicyclic amines) is 1. The van der Waals surface area contributed by atoms with Gasteiger partial charge in [-0.15, -0.1) is 0 Å². The molecule has 2 atom stereocenters. The summed E-state index contributed by atoms with van der Waals surface area (Å²) in [6.45, 7) is 5.13. The van der Waals surface area contributed by atoms with Gasteiger partial charge in [0.05, 0.1) is 19.3 Å². The minimum atomic E-state index is -0.436. The number of fused-ring (bicyclic) bond motifs is 1. The predicted octanol–water partition coefficient (Wildman–Crippen LogP) is 2.17. The summed E-state index contributed by atoms with van der Waals surface area (Å²) in [5.74, 6) is 1.55. The normalized spacial score (nSPS) is 22.7. The first-order chi connectivity index (χ1) is 10.7. The van der Waals surface area contributed by atoms with E-state index in [4.69, 9.17) is 14.2 Å². The molecule has 0 radical (unpaired) electrons. The first-order valence-electron chi connectivity index (χ1n) is 8.11. The van der Waals surface area contributed by atoms with Crippen LogP contribution in [0.3, 0.4) is 0 Å². The molecule has 122 valence electrons. The number of rotatable bonds is 6. The van der Waals surface area contributed by atoms with Crippen LogP contribution >= 0.6 is 0 Å². The van der Waals surface area contributed by atoms with E-state index >= 15 is 0 Å². The Kier molecular flexibility index (Phi) is 5.18. The van der Waals surface area contributed by atoms with Crippen LogP contribution in [0.4, 0.5) is 0 Å². The van der Waals surface area contributed by atoms with Crippen LogP contribution in [0, 0.1) is 0 Å². The molecule has 1 aromatic carbocycles. The molecule has 22 heavy (non-hydrogen) atoms. The molecule has 0 spiro atoms. The fourth-order valence-corrected chi connectivity index (χ4v) is 3.10. The molecule has 5 heteroatoms. The third-order valence-corrected chi connectivity index (χ3v) is 4.40. The highest BCUT2D eigenvalue weighted by atomic mass is 16.7. The number of β-amino-alcohol motifs (C(OH)–C–C–N with tert-alkyl or cyclic N) is 1. The second-order valence-corrected chi connectivity index (χ2v) is 6.20. The predicted molar refractivity (Wildman–Crippen MR) is 83.1 cm³/mol. The highest BCUT2D eigenvalue weighted by Gasteiger charge is 2.20. The lowest BCUT2D eigenvalue weighted by Crippen LogP contribution is -2.43. The van der Waals surface area contributed by atoms with Crippen molar-refractivity contribution in [2.24, 2.45) is 0 Å². The van der Waals surface area contributed by atoms with E-state index in [0.717, 1.165) is 23.6 Å². The molecule has 0 aromatic heterocycles. The quantitative estimate of drug-likeness (QED) is 0.873. The molecule has 0 saturated carbocycles. The zero-order valence-corrected chi connectivity index (χ0v) is 13.2. The third-order valence-electron chi connectivity index (χ3n) is 4.40. The van der Waals surface area contributed by atoms with E-state index in [9.17, 15) is 5.11 Å². The van der Waals surface area contributed by atoms with Crippen LogP contribution in [0.15, 0.2) is 18.2 Å². The molecular formula is C17H25NO4. The standard InChI is InChI=1S/C17H25NO4/c1-13-4-2-3-7-18(13)9-15(19)11-20-10-14-5-6-16-17(8-14)22-12-21-16/h5-6,8,13,15,19H,2-4,7,9-12H2,1H3/t13-,15+/m0/s1. The van der Waals surface area contributed by atoms with E-state index in [1.54, 1.807) is 0 Å². The zero-order chi connectivity index (χ0) is 15.4. The van der Waals surface area contributed by atoms with Crippen LogP contribution in [-0.2, 0) is 11.3 Å². The molecule has 3 rings (SSSR count). The molecule has 0 aliphatic carbocycles. The van der Waals surface area contributed by atoms with Gasteiger partial charge in [0.25, 0.3) is 0 Å². The number of nitrogens with zero attached hydrogens (tertiary/aromatic N) is 1. The van der Waals surface area contributed by atoms with Gasteiger partial charge in [-0.3, -0.25) is 4.90 Å². The number of hydrogen-bond donors (Lipinski definition) is 1. The summed E-state index contributed by atoms with van der Waals surface area (Å²) in [7, 11) is 0. The minimum Gasteiger partial charge on any atom is -0.454 e. The Balaban J connectivity index is 1.40. The summed E-state index contributed by atoms with van der Waals surface area (Å²) in [4.78, 5) is 2.36. The van der Waals surface area contributed by atoms with Crippen molar-refractivity contribution in [1.82, 2.24) is 4.90 Å². The molecule has 1 fully saturated rings. The lowest BCUT2D eigenvalue weighted by molar-refractivity contribution is -0.00141. The maximum absolute atomic E-state index is 10.1.